The van der Waals surface area contributed by atoms with Gasteiger partial charge in [0.2, 0.25) is 0 Å². The molecular formula is C36H43N2O10P. The summed E-state index contributed by atoms with van der Waals surface area (Å²) in [6.07, 6.45) is 2.67. The number of ether oxygens (including phenoxy) is 3. The number of carbonyl (C=O) groups is 1. The number of H-pyrrole nitrogens is 1. The lowest BCUT2D eigenvalue weighted by Gasteiger charge is -2.67. The van der Waals surface area contributed by atoms with Crippen molar-refractivity contribution in [1.29, 1.82) is 0 Å². The average Bonchev–Trinajstić information content (AvgIpc) is 3.65. The van der Waals surface area contributed by atoms with E-state index in [1.54, 1.807) is 6.08 Å². The van der Waals surface area contributed by atoms with Crippen LogP contribution in [0.1, 0.15) is 64.6 Å². The molecule has 3 heterocycles. The number of phosphoric acid groups is 1. The van der Waals surface area contributed by atoms with E-state index in [0.29, 0.717) is 30.5 Å². The van der Waals surface area contributed by atoms with E-state index < -0.39 is 47.8 Å². The summed E-state index contributed by atoms with van der Waals surface area (Å²) < 4.78 is 42.7. The molecule has 3 unspecified atom stereocenters. The summed E-state index contributed by atoms with van der Waals surface area (Å²) in [5, 5.41) is 23.6. The van der Waals surface area contributed by atoms with Gasteiger partial charge in [0.15, 0.2) is 17.7 Å². The van der Waals surface area contributed by atoms with E-state index in [1.807, 2.05) is 31.5 Å². The Morgan fingerprint density at radius 1 is 1.06 bits per heavy atom. The van der Waals surface area contributed by atoms with E-state index in [-0.39, 0.29) is 37.1 Å². The van der Waals surface area contributed by atoms with Crippen LogP contribution in [0.5, 0.6) is 5.75 Å². The highest BCUT2D eigenvalue weighted by molar-refractivity contribution is 7.47. The number of para-hydroxylation sites is 1. The molecule has 8 atom stereocenters. The number of benzene rings is 2. The highest BCUT2D eigenvalue weighted by Gasteiger charge is 2.78. The van der Waals surface area contributed by atoms with Gasteiger partial charge >= 0.3 is 7.82 Å². The van der Waals surface area contributed by atoms with Crippen molar-refractivity contribution in [3.63, 3.8) is 0 Å². The highest BCUT2D eigenvalue weighted by Crippen LogP contribution is 2.72. The smallest absolute Gasteiger partial charge is 0.404 e. The fourth-order valence-electron chi connectivity index (χ4n) is 9.80. The molecule has 2 aliphatic heterocycles. The van der Waals surface area contributed by atoms with E-state index in [9.17, 15) is 19.4 Å². The van der Waals surface area contributed by atoms with Crippen molar-refractivity contribution < 1.29 is 47.8 Å². The maximum absolute atomic E-state index is 13.6. The van der Waals surface area contributed by atoms with Crippen LogP contribution in [0.15, 0.2) is 60.2 Å². The minimum absolute atomic E-state index is 0.102. The van der Waals surface area contributed by atoms with Crippen LogP contribution in [0.3, 0.4) is 0 Å². The zero-order chi connectivity index (χ0) is 34.6. The first-order valence-electron chi connectivity index (χ1n) is 16.9. The first kappa shape index (κ1) is 33.1. The fourth-order valence-corrected chi connectivity index (χ4v) is 10.6. The predicted molar refractivity (Wildman–Crippen MR) is 178 cm³/mol. The van der Waals surface area contributed by atoms with Crippen LogP contribution >= 0.6 is 7.82 Å². The minimum atomic E-state index is -4.45. The van der Waals surface area contributed by atoms with Crippen molar-refractivity contribution in [2.24, 2.45) is 11.3 Å². The zero-order valence-electron chi connectivity index (χ0n) is 28.0. The monoisotopic (exact) mass is 694 g/mol. The number of anilines is 1. The van der Waals surface area contributed by atoms with E-state index in [1.165, 1.54) is 35.2 Å². The predicted octanol–water partition coefficient (Wildman–Crippen LogP) is 5.70. The first-order valence-corrected chi connectivity index (χ1v) is 18.4. The second-order valence-electron chi connectivity index (χ2n) is 15.1. The van der Waals surface area contributed by atoms with Gasteiger partial charge in [0.25, 0.3) is 0 Å². The molecule has 2 bridgehead atoms. The molecule has 262 valence electrons. The van der Waals surface area contributed by atoms with Gasteiger partial charge in [-0.2, -0.15) is 0 Å². The lowest BCUT2D eigenvalue weighted by atomic mass is 9.41. The summed E-state index contributed by atoms with van der Waals surface area (Å²) in [5.41, 5.74) is 2.42. The van der Waals surface area contributed by atoms with Crippen LogP contribution in [-0.4, -0.2) is 68.4 Å². The largest absolute Gasteiger partial charge is 0.527 e. The third-order valence-corrected chi connectivity index (χ3v) is 13.3. The number of aromatic amines is 1. The van der Waals surface area contributed by atoms with Gasteiger partial charge in [-0.25, -0.2) is 4.57 Å². The first-order chi connectivity index (χ1) is 23.2. The number of carbonyl (C=O) groups excluding carboxylic acids is 1. The van der Waals surface area contributed by atoms with Crippen molar-refractivity contribution >= 4 is 30.2 Å². The third-order valence-electron chi connectivity index (χ3n) is 12.3. The minimum Gasteiger partial charge on any atom is -0.404 e. The van der Waals surface area contributed by atoms with Gasteiger partial charge in [0, 0.05) is 46.0 Å². The lowest BCUT2D eigenvalue weighted by molar-refractivity contribution is -0.280. The molecule has 1 aromatic heterocycles. The number of ketones is 1. The Hall–Kier alpha value is -3.06. The van der Waals surface area contributed by atoms with E-state index >= 15 is 0 Å². The summed E-state index contributed by atoms with van der Waals surface area (Å²) >= 11 is 0. The number of phosphoric ester groups is 1. The molecule has 1 saturated heterocycles. The quantitative estimate of drug-likeness (QED) is 0.106. The van der Waals surface area contributed by atoms with Gasteiger partial charge in [-0.1, -0.05) is 32.0 Å². The number of aliphatic hydroxyl groups is 1. The number of hydrogen-bond acceptors (Lipinski definition) is 10. The van der Waals surface area contributed by atoms with Crippen molar-refractivity contribution in [2.75, 3.05) is 18.7 Å². The van der Waals surface area contributed by atoms with E-state index in [0.717, 1.165) is 17.6 Å². The average molecular weight is 695 g/mol. The Kier molecular flexibility index (Phi) is 7.41. The molecule has 3 aliphatic carbocycles. The molecule has 3 aromatic rings. The molecule has 2 saturated carbocycles. The second-order valence-corrected chi connectivity index (χ2v) is 16.5. The normalized spacial score (nSPS) is 36.7. The Morgan fingerprint density at radius 3 is 2.57 bits per heavy atom. The Bertz CT molecular complexity index is 1910. The van der Waals surface area contributed by atoms with Crippen LogP contribution < -0.4 is 10.0 Å². The zero-order valence-corrected chi connectivity index (χ0v) is 28.9. The Balaban J connectivity index is 1.08. The summed E-state index contributed by atoms with van der Waals surface area (Å²) in [6, 6.07) is 14.1. The van der Waals surface area contributed by atoms with Gasteiger partial charge in [0.1, 0.15) is 17.0 Å². The third kappa shape index (κ3) is 4.62. The van der Waals surface area contributed by atoms with Gasteiger partial charge in [-0.05, 0) is 87.4 Å². The molecule has 0 radical (unpaired) electrons. The van der Waals surface area contributed by atoms with Crippen LogP contribution in [0.2, 0.25) is 0 Å². The van der Waals surface area contributed by atoms with Gasteiger partial charge in [-0.3, -0.25) is 24.9 Å². The van der Waals surface area contributed by atoms with Crippen LogP contribution in [0.4, 0.5) is 5.69 Å². The molecule has 3 fully saturated rings. The number of rotatable bonds is 9. The van der Waals surface area contributed by atoms with Gasteiger partial charge < -0.3 is 28.8 Å². The molecule has 5 aliphatic rings. The number of fused-ring (bicyclic) bond motifs is 9. The molecule has 49 heavy (non-hydrogen) atoms. The van der Waals surface area contributed by atoms with Gasteiger partial charge in [-0.15, -0.1) is 0 Å². The van der Waals surface area contributed by atoms with E-state index in [4.69, 9.17) is 28.5 Å². The summed E-state index contributed by atoms with van der Waals surface area (Å²) in [5.74, 6) is -1.25. The van der Waals surface area contributed by atoms with Crippen molar-refractivity contribution in [3.05, 3.63) is 71.4 Å². The molecule has 12 nitrogen and oxygen atoms in total. The van der Waals surface area contributed by atoms with Crippen molar-refractivity contribution in [1.82, 2.24) is 4.98 Å². The maximum atomic E-state index is 13.6. The maximum Gasteiger partial charge on any atom is 0.527 e. The van der Waals surface area contributed by atoms with Crippen molar-refractivity contribution in [2.45, 2.75) is 94.4 Å². The second kappa shape index (κ2) is 11.0. The summed E-state index contributed by atoms with van der Waals surface area (Å²) in [4.78, 5) is 27.6. The van der Waals surface area contributed by atoms with Crippen LogP contribution in [0.25, 0.3) is 10.9 Å². The fraction of sp³-hybridized carbons (Fsp3) is 0.528. The highest BCUT2D eigenvalue weighted by atomic mass is 31.2. The number of aromatic nitrogens is 1. The molecule has 13 heteroatoms. The van der Waals surface area contributed by atoms with Crippen LogP contribution in [0, 0.1) is 11.3 Å². The molecule has 1 spiro atoms. The Labute approximate surface area is 284 Å². The molecule has 8 rings (SSSR count). The molecular weight excluding hydrogens is 651 g/mol. The molecule has 5 N–H and O–H groups in total. The topological polar surface area (TPSA) is 169 Å². The van der Waals surface area contributed by atoms with E-state index in [2.05, 4.69) is 31.0 Å². The molecule has 0 amide bonds. The standard InChI is InChI=1S/C36H43N2O10P/c1-32(2)31-27(39)20-28-35(46-31,48-32)15-14-33(3)34(4)21(18-25-24-8-5-6-9-26(24)37-30(25)34)19-29(36(28,33)40)44-16-7-17-45-49(42,43)47-23-12-10-22(38-41)11-13-23/h5-6,8-13,20-21,29,31,37-38,40-41H,7,14-19H2,1-4H3,(H,42,43)/t21?,29-,31+,33?,34+,35-,36-/m0/s1. The number of hydrogen-bond donors (Lipinski definition) is 5. The number of nitrogens with one attached hydrogen (secondary N) is 2. The molecule has 2 aromatic carbocycles. The van der Waals surface area contributed by atoms with Gasteiger partial charge in [0.05, 0.1) is 18.4 Å². The summed E-state index contributed by atoms with van der Waals surface area (Å²) in [7, 11) is -4.45. The Morgan fingerprint density at radius 2 is 1.82 bits per heavy atom. The van der Waals surface area contributed by atoms with Crippen molar-refractivity contribution in [3.8, 4) is 5.75 Å². The SMILES string of the molecule is CC1(C)O[C@@]23CCC4(C)[C@@]5(C)c6[nH]c7ccccc7c6CC5C[C@H](OCCCOP(=O)(O)Oc5ccc(NO)cc5)[C@@]4(O)C2=CC(=O)[C@H]1O3. The summed E-state index contributed by atoms with van der Waals surface area (Å²) in [6.45, 7) is 8.03. The van der Waals surface area contributed by atoms with Crippen LogP contribution in [-0.2, 0) is 39.9 Å². The lowest BCUT2D eigenvalue weighted by Crippen LogP contribution is -2.74.